The maximum Gasteiger partial charge on any atom is 0.221 e. The number of ether oxygens (including phenoxy) is 4. The molecule has 0 saturated heterocycles. The van der Waals surface area contributed by atoms with Crippen LogP contribution >= 0.6 is 12.2 Å². The molecule has 28 heavy (non-hydrogen) atoms. The second-order valence-corrected chi connectivity index (χ2v) is 6.25. The van der Waals surface area contributed by atoms with Gasteiger partial charge in [0, 0.05) is 11.5 Å². The molecule has 0 saturated carbocycles. The molecule has 0 radical (unpaired) electrons. The highest BCUT2D eigenvalue weighted by atomic mass is 32.1. The Morgan fingerprint density at radius 3 is 2.32 bits per heavy atom. The summed E-state index contributed by atoms with van der Waals surface area (Å²) < 4.78 is 23.9. The van der Waals surface area contributed by atoms with E-state index >= 15 is 0 Å². The van der Waals surface area contributed by atoms with E-state index in [1.165, 1.54) is 0 Å². The molecular weight excluding hydrogens is 380 g/mol. The molecule has 8 nitrogen and oxygen atoms in total. The Bertz CT molecular complexity index is 1220. The molecule has 0 bridgehead atoms. The van der Waals surface area contributed by atoms with Gasteiger partial charge in [0.15, 0.2) is 34.5 Å². The zero-order valence-corrected chi connectivity index (χ0v) is 16.4. The van der Waals surface area contributed by atoms with Crippen LogP contribution in [0.25, 0.3) is 16.6 Å². The van der Waals surface area contributed by atoms with Gasteiger partial charge in [-0.2, -0.15) is 0 Å². The second kappa shape index (κ2) is 7.35. The first-order valence-electron chi connectivity index (χ1n) is 8.43. The van der Waals surface area contributed by atoms with Crippen LogP contribution in [0.3, 0.4) is 0 Å². The maximum atomic E-state index is 5.85. The lowest BCUT2D eigenvalue weighted by atomic mass is 10.2. The monoisotopic (exact) mass is 398 g/mol. The van der Waals surface area contributed by atoms with E-state index in [1.807, 2.05) is 30.3 Å². The van der Waals surface area contributed by atoms with Crippen molar-refractivity contribution in [3.8, 4) is 23.0 Å². The molecule has 2 heterocycles. The minimum atomic E-state index is 0.214. The fourth-order valence-corrected chi connectivity index (χ4v) is 3.18. The number of fused-ring (bicyclic) bond motifs is 3. The molecule has 9 heteroatoms. The molecule has 4 aromatic rings. The van der Waals surface area contributed by atoms with Gasteiger partial charge in [-0.05, 0) is 30.4 Å². The van der Waals surface area contributed by atoms with E-state index in [9.17, 15) is 0 Å². The molecule has 0 aliphatic carbocycles. The van der Waals surface area contributed by atoms with Crippen molar-refractivity contribution in [2.75, 3.05) is 21.3 Å². The summed E-state index contributed by atoms with van der Waals surface area (Å²) >= 11 is 5.40. The quantitative estimate of drug-likeness (QED) is 0.497. The molecule has 0 fully saturated rings. The van der Waals surface area contributed by atoms with Crippen LogP contribution in [0.4, 0.5) is 0 Å². The van der Waals surface area contributed by atoms with Gasteiger partial charge in [-0.25, -0.2) is 14.5 Å². The third kappa shape index (κ3) is 3.09. The van der Waals surface area contributed by atoms with Gasteiger partial charge in [0.25, 0.3) is 0 Å². The van der Waals surface area contributed by atoms with Crippen LogP contribution in [0.5, 0.6) is 23.0 Å². The highest BCUT2D eigenvalue weighted by Crippen LogP contribution is 2.33. The number of hydrogen-bond acceptors (Lipinski definition) is 7. The lowest BCUT2D eigenvalue weighted by Crippen LogP contribution is -2.00. The Hall–Kier alpha value is -3.33. The summed E-state index contributed by atoms with van der Waals surface area (Å²) in [6.45, 7) is 0.214. The zero-order chi connectivity index (χ0) is 19.7. The summed E-state index contributed by atoms with van der Waals surface area (Å²) in [5.41, 5.74) is 1.31. The molecule has 0 unspecified atom stereocenters. The normalized spacial score (nSPS) is 11.0. The number of hydrogen-bond donors (Lipinski definition) is 1. The summed E-state index contributed by atoms with van der Waals surface area (Å²) in [6, 6.07) is 11.0. The van der Waals surface area contributed by atoms with E-state index in [1.54, 1.807) is 31.9 Å². The van der Waals surface area contributed by atoms with E-state index in [0.717, 1.165) is 5.39 Å². The number of aromatic nitrogens is 4. The molecule has 2 aromatic heterocycles. The van der Waals surface area contributed by atoms with Crippen LogP contribution in [0, 0.1) is 4.77 Å². The molecule has 0 aliphatic rings. The first-order valence-corrected chi connectivity index (χ1v) is 8.84. The highest BCUT2D eigenvalue weighted by Gasteiger charge is 2.14. The van der Waals surface area contributed by atoms with Crippen molar-refractivity contribution in [1.82, 2.24) is 19.6 Å². The Morgan fingerprint density at radius 1 is 0.929 bits per heavy atom. The van der Waals surface area contributed by atoms with Crippen LogP contribution in [0.2, 0.25) is 0 Å². The molecule has 0 amide bonds. The third-order valence-electron chi connectivity index (χ3n) is 4.28. The van der Waals surface area contributed by atoms with Gasteiger partial charge < -0.3 is 18.9 Å². The number of para-hydroxylation sites is 2. The van der Waals surface area contributed by atoms with Crippen LogP contribution < -0.4 is 18.9 Å². The van der Waals surface area contributed by atoms with Gasteiger partial charge in [-0.15, -0.1) is 0 Å². The Morgan fingerprint density at radius 2 is 1.61 bits per heavy atom. The number of benzene rings is 2. The Balaban J connectivity index is 1.76. The van der Waals surface area contributed by atoms with E-state index in [0.29, 0.717) is 44.8 Å². The van der Waals surface area contributed by atoms with Gasteiger partial charge in [-0.3, -0.25) is 5.10 Å². The lowest BCUT2D eigenvalue weighted by molar-refractivity contribution is 0.276. The molecule has 0 atom stereocenters. The smallest absolute Gasteiger partial charge is 0.221 e. The summed E-state index contributed by atoms with van der Waals surface area (Å²) in [6.07, 6.45) is 0. The molecule has 0 spiro atoms. The van der Waals surface area contributed by atoms with Crippen LogP contribution in [-0.2, 0) is 6.61 Å². The fourth-order valence-electron chi connectivity index (χ4n) is 2.95. The van der Waals surface area contributed by atoms with Crippen molar-refractivity contribution < 1.29 is 18.9 Å². The zero-order valence-electron chi connectivity index (χ0n) is 15.6. The maximum absolute atomic E-state index is 5.85. The van der Waals surface area contributed by atoms with E-state index in [2.05, 4.69) is 15.1 Å². The molecule has 4 rings (SSSR count). The van der Waals surface area contributed by atoms with Gasteiger partial charge >= 0.3 is 0 Å². The molecule has 2 aromatic carbocycles. The first-order chi connectivity index (χ1) is 13.6. The first kappa shape index (κ1) is 18.1. The van der Waals surface area contributed by atoms with Crippen LogP contribution in [0.15, 0.2) is 36.4 Å². The van der Waals surface area contributed by atoms with Crippen molar-refractivity contribution in [3.05, 3.63) is 47.0 Å². The Kier molecular flexibility index (Phi) is 4.74. The number of aromatic amines is 1. The van der Waals surface area contributed by atoms with E-state index < -0.39 is 0 Å². The van der Waals surface area contributed by atoms with Crippen molar-refractivity contribution in [1.29, 1.82) is 0 Å². The minimum absolute atomic E-state index is 0.214. The number of H-pyrrole nitrogens is 1. The summed E-state index contributed by atoms with van der Waals surface area (Å²) in [5.74, 6) is 3.05. The van der Waals surface area contributed by atoms with Gasteiger partial charge in [0.1, 0.15) is 6.61 Å². The molecule has 144 valence electrons. The van der Waals surface area contributed by atoms with Crippen LogP contribution in [0.1, 0.15) is 5.82 Å². The number of nitrogens with one attached hydrogen (secondary N) is 1. The highest BCUT2D eigenvalue weighted by molar-refractivity contribution is 7.71. The second-order valence-electron chi connectivity index (χ2n) is 5.89. The number of nitrogens with zero attached hydrogens (tertiary/aromatic N) is 3. The predicted molar refractivity (Wildman–Crippen MR) is 106 cm³/mol. The molecule has 1 N–H and O–H groups in total. The Labute approximate surface area is 165 Å². The average Bonchev–Trinajstić information content (AvgIpc) is 3.16. The summed E-state index contributed by atoms with van der Waals surface area (Å²) in [4.78, 5) is 9.10. The SMILES string of the molecule is COc1cc2nc(=S)n3[nH]c(COc4ccccc4OC)nc3c2cc1OC. The van der Waals surface area contributed by atoms with Crippen molar-refractivity contribution >= 4 is 28.8 Å². The summed E-state index contributed by atoms with van der Waals surface area (Å²) in [5, 5.41) is 3.91. The van der Waals surface area contributed by atoms with Gasteiger partial charge in [0.05, 0.1) is 26.8 Å². The van der Waals surface area contributed by atoms with Crippen molar-refractivity contribution in [3.63, 3.8) is 0 Å². The van der Waals surface area contributed by atoms with Gasteiger partial charge in [-0.1, -0.05) is 12.1 Å². The standard InChI is InChI=1S/C19H18N4O4S/c1-24-13-6-4-5-7-14(13)27-10-17-21-18-11-8-15(25-2)16(26-3)9-12(11)20-19(28)23(18)22-17/h4-9H,10H2,1-3H3,(H,21,22). The number of rotatable bonds is 6. The third-order valence-corrected chi connectivity index (χ3v) is 4.55. The van der Waals surface area contributed by atoms with Crippen molar-refractivity contribution in [2.24, 2.45) is 0 Å². The number of methoxy groups -OCH3 is 3. The van der Waals surface area contributed by atoms with Crippen molar-refractivity contribution in [2.45, 2.75) is 6.61 Å². The van der Waals surface area contributed by atoms with Gasteiger partial charge in [0.2, 0.25) is 4.77 Å². The lowest BCUT2D eigenvalue weighted by Gasteiger charge is -2.08. The van der Waals surface area contributed by atoms with E-state index in [-0.39, 0.29) is 6.61 Å². The largest absolute Gasteiger partial charge is 0.493 e. The fraction of sp³-hybridized carbons (Fsp3) is 0.211. The summed E-state index contributed by atoms with van der Waals surface area (Å²) in [7, 11) is 4.76. The van der Waals surface area contributed by atoms with E-state index in [4.69, 9.17) is 31.2 Å². The van der Waals surface area contributed by atoms with Crippen LogP contribution in [-0.4, -0.2) is 40.9 Å². The molecule has 0 aliphatic heterocycles. The molecular formula is C19H18N4O4S. The topological polar surface area (TPSA) is 82.9 Å². The predicted octanol–water partition coefficient (Wildman–Crippen LogP) is 3.54. The average molecular weight is 398 g/mol. The minimum Gasteiger partial charge on any atom is -0.493 e.